The summed E-state index contributed by atoms with van der Waals surface area (Å²) in [6, 6.07) is 12.3. The van der Waals surface area contributed by atoms with Gasteiger partial charge in [0.1, 0.15) is 11.9 Å². The van der Waals surface area contributed by atoms with Crippen molar-refractivity contribution >= 4 is 46.0 Å². The molecule has 0 atom stereocenters. The van der Waals surface area contributed by atoms with Gasteiger partial charge in [0.05, 0.1) is 22.9 Å². The number of aromatic nitrogens is 1. The zero-order valence-corrected chi connectivity index (χ0v) is 17.2. The van der Waals surface area contributed by atoms with E-state index in [9.17, 15) is 14.2 Å². The van der Waals surface area contributed by atoms with Gasteiger partial charge >= 0.3 is 7.60 Å². The van der Waals surface area contributed by atoms with E-state index in [4.69, 9.17) is 14.5 Å². The number of ether oxygens (including phenoxy) is 1. The summed E-state index contributed by atoms with van der Waals surface area (Å²) >= 11 is 1.40. The van der Waals surface area contributed by atoms with Crippen LogP contribution in [-0.4, -0.2) is 39.7 Å². The van der Waals surface area contributed by atoms with E-state index in [1.165, 1.54) is 24.5 Å². The molecule has 0 radical (unpaired) electrons. The Bertz CT molecular complexity index is 1070. The normalized spacial score (nSPS) is 11.4. The minimum atomic E-state index is -4.46. The van der Waals surface area contributed by atoms with Crippen molar-refractivity contribution in [1.82, 2.24) is 4.98 Å². The van der Waals surface area contributed by atoms with Crippen LogP contribution in [-0.2, 0) is 15.8 Å². The van der Waals surface area contributed by atoms with Crippen LogP contribution < -0.4 is 10.1 Å². The summed E-state index contributed by atoms with van der Waals surface area (Å²) in [5.41, 5.74) is 1.68. The second-order valence-electron chi connectivity index (χ2n) is 6.32. The molecule has 0 aliphatic heterocycles. The molecular weight excluding hydrogens is 415 g/mol. The van der Waals surface area contributed by atoms with Crippen molar-refractivity contribution in [1.29, 1.82) is 0 Å². The van der Waals surface area contributed by atoms with E-state index >= 15 is 0 Å². The van der Waals surface area contributed by atoms with E-state index in [-0.39, 0.29) is 23.6 Å². The van der Waals surface area contributed by atoms with E-state index in [0.29, 0.717) is 11.6 Å². The second-order valence-corrected chi connectivity index (χ2v) is 8.99. The lowest BCUT2D eigenvalue weighted by Gasteiger charge is -2.10. The monoisotopic (exact) mass is 434 g/mol. The largest absolute Gasteiger partial charge is 0.496 e. The number of para-hydroxylation sites is 1. The van der Waals surface area contributed by atoms with Gasteiger partial charge in [-0.1, -0.05) is 29.5 Å². The molecule has 152 valence electrons. The lowest BCUT2D eigenvalue weighted by molar-refractivity contribution is -0.116. The highest BCUT2D eigenvalue weighted by Gasteiger charge is 2.23. The number of benzene rings is 2. The molecule has 0 aliphatic rings. The van der Waals surface area contributed by atoms with E-state index in [2.05, 4.69) is 10.3 Å². The van der Waals surface area contributed by atoms with Gasteiger partial charge in [-0.05, 0) is 36.2 Å². The second kappa shape index (κ2) is 8.84. The maximum atomic E-state index is 12.2. The van der Waals surface area contributed by atoms with Crippen molar-refractivity contribution in [2.75, 3.05) is 18.6 Å². The maximum Gasteiger partial charge on any atom is 0.333 e. The summed E-state index contributed by atoms with van der Waals surface area (Å²) in [7, 11) is -3.09. The first-order valence-corrected chi connectivity index (χ1v) is 11.3. The van der Waals surface area contributed by atoms with Gasteiger partial charge in [-0.25, -0.2) is 4.98 Å². The van der Waals surface area contributed by atoms with E-state index < -0.39 is 19.5 Å². The van der Waals surface area contributed by atoms with Crippen LogP contribution in [0.3, 0.4) is 0 Å². The van der Waals surface area contributed by atoms with Gasteiger partial charge in [-0.2, -0.15) is 0 Å². The van der Waals surface area contributed by atoms with Crippen LogP contribution in [0.2, 0.25) is 0 Å². The predicted octanol–water partition coefficient (Wildman–Crippen LogP) is 3.24. The number of nitrogens with one attached hydrogen (secondary N) is 1. The van der Waals surface area contributed by atoms with Crippen molar-refractivity contribution in [3.05, 3.63) is 53.6 Å². The number of ketones is 1. The fraction of sp³-hybridized carbons (Fsp3) is 0.211. The lowest BCUT2D eigenvalue weighted by atomic mass is 10.0. The molecule has 8 nitrogen and oxygen atoms in total. The molecule has 0 unspecified atom stereocenters. The Labute approximate surface area is 170 Å². The molecule has 0 saturated heterocycles. The van der Waals surface area contributed by atoms with Gasteiger partial charge < -0.3 is 19.8 Å². The first-order chi connectivity index (χ1) is 13.7. The number of methoxy groups -OCH3 is 1. The summed E-state index contributed by atoms with van der Waals surface area (Å²) in [5, 5.41) is 3.32. The number of thiazole rings is 1. The third-order valence-electron chi connectivity index (χ3n) is 4.10. The first-order valence-electron chi connectivity index (χ1n) is 8.65. The number of hydrogen-bond donors (Lipinski definition) is 3. The van der Waals surface area contributed by atoms with Gasteiger partial charge in [0.15, 0.2) is 10.9 Å². The minimum absolute atomic E-state index is 0.0958. The Morgan fingerprint density at radius 3 is 2.66 bits per heavy atom. The molecule has 0 fully saturated rings. The lowest BCUT2D eigenvalue weighted by Crippen LogP contribution is -2.12. The molecule has 0 aliphatic carbocycles. The summed E-state index contributed by atoms with van der Waals surface area (Å²) in [6.07, 6.45) is -0.276. The number of fused-ring (bicyclic) bond motifs is 1. The molecule has 1 amide bonds. The first kappa shape index (κ1) is 21.1. The van der Waals surface area contributed by atoms with Crippen LogP contribution in [0.15, 0.2) is 42.5 Å². The third kappa shape index (κ3) is 5.71. The summed E-state index contributed by atoms with van der Waals surface area (Å²) < 4.78 is 17.2. The van der Waals surface area contributed by atoms with Crippen molar-refractivity contribution in [3.8, 4) is 5.75 Å². The van der Waals surface area contributed by atoms with Crippen molar-refractivity contribution in [2.24, 2.45) is 0 Å². The van der Waals surface area contributed by atoms with Gasteiger partial charge in [0.25, 0.3) is 0 Å². The highest BCUT2D eigenvalue weighted by molar-refractivity contribution is 7.52. The molecule has 0 bridgehead atoms. The summed E-state index contributed by atoms with van der Waals surface area (Å²) in [6.45, 7) is 0. The van der Waals surface area contributed by atoms with Crippen LogP contribution in [0.5, 0.6) is 5.75 Å². The molecule has 10 heteroatoms. The van der Waals surface area contributed by atoms with Crippen molar-refractivity contribution < 1.29 is 28.7 Å². The number of rotatable bonds is 8. The number of Topliss-reactive ketones (excluding diaryl/α,β-unsaturated/α-hetero) is 1. The molecule has 3 rings (SSSR count). The third-order valence-corrected chi connectivity index (χ3v) is 5.75. The Balaban J connectivity index is 1.63. The SMILES string of the molecule is COc1cc(CCC(=O)Nc2nc3ccccc3s2)ccc1C(=O)CP(=O)(O)O. The Morgan fingerprint density at radius 2 is 1.97 bits per heavy atom. The van der Waals surface area contributed by atoms with Crippen molar-refractivity contribution in [3.63, 3.8) is 0 Å². The van der Waals surface area contributed by atoms with E-state index in [1.807, 2.05) is 24.3 Å². The molecular formula is C19H19N2O6PS. The van der Waals surface area contributed by atoms with Crippen molar-refractivity contribution in [2.45, 2.75) is 12.8 Å². The molecule has 1 aromatic heterocycles. The number of nitrogens with zero attached hydrogens (tertiary/aromatic N) is 1. The maximum absolute atomic E-state index is 12.2. The molecule has 3 N–H and O–H groups in total. The average Bonchev–Trinajstić information content (AvgIpc) is 3.06. The van der Waals surface area contributed by atoms with Crippen LogP contribution in [0.4, 0.5) is 5.13 Å². The molecule has 2 aromatic carbocycles. The number of anilines is 1. The van der Waals surface area contributed by atoms with Crippen LogP contribution in [0.1, 0.15) is 22.3 Å². The summed E-state index contributed by atoms with van der Waals surface area (Å²) in [4.78, 5) is 46.6. The number of carbonyl (C=O) groups excluding carboxylic acids is 2. The Hall–Kier alpha value is -2.58. The molecule has 29 heavy (non-hydrogen) atoms. The fourth-order valence-corrected chi connectivity index (χ4v) is 4.19. The molecule has 0 saturated carbocycles. The topological polar surface area (TPSA) is 126 Å². The molecule has 1 heterocycles. The number of hydrogen-bond acceptors (Lipinski definition) is 6. The molecule has 0 spiro atoms. The zero-order valence-electron chi connectivity index (χ0n) is 15.5. The standard InChI is InChI=1S/C19H19N2O6PS/c1-27-16-10-12(6-8-13(16)15(22)11-28(24,25)26)7-9-18(23)21-19-20-14-4-2-3-5-17(14)29-19/h2-6,8,10H,7,9,11H2,1H3,(H,20,21,23)(H2,24,25,26). The van der Waals surface area contributed by atoms with Gasteiger partial charge in [0, 0.05) is 6.42 Å². The van der Waals surface area contributed by atoms with Gasteiger partial charge in [-0.15, -0.1) is 0 Å². The zero-order chi connectivity index (χ0) is 21.0. The van der Waals surface area contributed by atoms with E-state index in [0.717, 1.165) is 15.8 Å². The minimum Gasteiger partial charge on any atom is -0.496 e. The fourth-order valence-electron chi connectivity index (χ4n) is 2.76. The van der Waals surface area contributed by atoms with Crippen LogP contribution in [0.25, 0.3) is 10.2 Å². The van der Waals surface area contributed by atoms with Crippen LogP contribution >= 0.6 is 18.9 Å². The average molecular weight is 434 g/mol. The summed E-state index contributed by atoms with van der Waals surface area (Å²) in [5.74, 6) is -0.674. The van der Waals surface area contributed by atoms with Gasteiger partial charge in [0.2, 0.25) is 5.91 Å². The quantitative estimate of drug-likeness (QED) is 0.367. The van der Waals surface area contributed by atoms with E-state index in [1.54, 1.807) is 12.1 Å². The Morgan fingerprint density at radius 1 is 1.21 bits per heavy atom. The number of carbonyl (C=O) groups is 2. The number of amides is 1. The highest BCUT2D eigenvalue weighted by Crippen LogP contribution is 2.36. The number of aryl methyl sites for hydroxylation is 1. The van der Waals surface area contributed by atoms with Gasteiger partial charge in [-0.3, -0.25) is 14.2 Å². The van der Waals surface area contributed by atoms with Crippen LogP contribution in [0, 0.1) is 0 Å². The Kier molecular flexibility index (Phi) is 6.44. The predicted molar refractivity (Wildman–Crippen MR) is 111 cm³/mol. The molecule has 3 aromatic rings. The smallest absolute Gasteiger partial charge is 0.333 e. The highest BCUT2D eigenvalue weighted by atomic mass is 32.1.